The first-order valence-corrected chi connectivity index (χ1v) is 11.1. The smallest absolute Gasteiger partial charge is 0.195 e. The Hall–Kier alpha value is -1.10. The van der Waals surface area contributed by atoms with Gasteiger partial charge in [-0.1, -0.05) is 96.1 Å². The Labute approximate surface area is 160 Å². The zero-order chi connectivity index (χ0) is 18.6. The van der Waals surface area contributed by atoms with Crippen LogP contribution in [0.2, 0.25) is 0 Å². The van der Waals surface area contributed by atoms with Crippen molar-refractivity contribution >= 4 is 0 Å². The summed E-state index contributed by atoms with van der Waals surface area (Å²) in [5.41, 5.74) is 0. The lowest BCUT2D eigenvalue weighted by atomic mass is 9.74. The fourth-order valence-electron chi connectivity index (χ4n) is 5.12. The molecule has 2 heteroatoms. The minimum absolute atomic E-state index is 0.708. The summed E-state index contributed by atoms with van der Waals surface area (Å²) in [4.78, 5) is 0. The van der Waals surface area contributed by atoms with Crippen LogP contribution in [0.4, 0.5) is 4.39 Å². The molecule has 2 aliphatic carbocycles. The third-order valence-electron chi connectivity index (χ3n) is 6.84. The average molecular weight is 360 g/mol. The Morgan fingerprint density at radius 3 is 1.77 bits per heavy atom. The van der Waals surface area contributed by atoms with Gasteiger partial charge in [-0.25, -0.2) is 0 Å². The van der Waals surface area contributed by atoms with Crippen LogP contribution >= 0.6 is 0 Å². The van der Waals surface area contributed by atoms with Crippen molar-refractivity contribution < 1.29 is 4.39 Å². The molecule has 0 radical (unpaired) electrons. The molecule has 1 nitrogen and oxygen atoms in total. The number of nitriles is 1. The number of hydrogen-bond acceptors (Lipinski definition) is 1. The average Bonchev–Trinajstić information content (AvgIpc) is 2.68. The van der Waals surface area contributed by atoms with Gasteiger partial charge in [0, 0.05) is 0 Å². The standard InChI is InChI=1S/C24H38FN/c1-2-6-20-9-13-22(14-10-20)17-18-23-15-11-21(12-16-23)7-4-3-5-8-24(25)19-26/h3,5,8,20-23H,2,4,6-7,9-18H2,1H3/b5-3+,24-8-/t20-,21-,22-,23-. The van der Waals surface area contributed by atoms with Crippen molar-refractivity contribution in [1.82, 2.24) is 0 Å². The third-order valence-corrected chi connectivity index (χ3v) is 6.84. The van der Waals surface area contributed by atoms with Crippen LogP contribution in [0.25, 0.3) is 0 Å². The molecular weight excluding hydrogens is 321 g/mol. The number of allylic oxidation sites excluding steroid dienone is 4. The van der Waals surface area contributed by atoms with E-state index in [0.717, 1.165) is 30.1 Å². The molecular formula is C24H38FN. The van der Waals surface area contributed by atoms with Gasteiger partial charge in [0.2, 0.25) is 0 Å². The Bertz CT molecular complexity index is 471. The van der Waals surface area contributed by atoms with Crippen molar-refractivity contribution in [2.45, 2.75) is 96.8 Å². The molecule has 0 atom stereocenters. The molecule has 0 saturated heterocycles. The van der Waals surface area contributed by atoms with Crippen LogP contribution in [0.1, 0.15) is 96.8 Å². The molecule has 0 aliphatic heterocycles. The first-order valence-electron chi connectivity index (χ1n) is 11.1. The van der Waals surface area contributed by atoms with Crippen LogP contribution in [0.15, 0.2) is 24.1 Å². The lowest BCUT2D eigenvalue weighted by Gasteiger charge is -2.32. The highest BCUT2D eigenvalue weighted by atomic mass is 19.1. The number of halogens is 1. The molecule has 0 aromatic heterocycles. The summed E-state index contributed by atoms with van der Waals surface area (Å²) in [6, 6.07) is 1.50. The van der Waals surface area contributed by atoms with Gasteiger partial charge in [-0.3, -0.25) is 0 Å². The second-order valence-electron chi connectivity index (χ2n) is 8.77. The molecule has 2 rings (SSSR count). The number of rotatable bonds is 9. The third kappa shape index (κ3) is 8.07. The Morgan fingerprint density at radius 1 is 0.846 bits per heavy atom. The SMILES string of the molecule is CCC[C@H]1CC[C@H](CC[C@H]2CC[C@H](CC/C=C/C=C(\F)C#N)CC2)CC1. The molecule has 0 N–H and O–H groups in total. The molecule has 2 aliphatic rings. The summed E-state index contributed by atoms with van der Waals surface area (Å²) in [6.07, 6.45) is 24.5. The predicted octanol–water partition coefficient (Wildman–Crippen LogP) is 7.89. The highest BCUT2D eigenvalue weighted by Crippen LogP contribution is 2.38. The number of nitrogens with zero attached hydrogens (tertiary/aromatic N) is 1. The first kappa shape index (κ1) is 21.2. The van der Waals surface area contributed by atoms with Crippen LogP contribution in [-0.2, 0) is 0 Å². The summed E-state index contributed by atoms with van der Waals surface area (Å²) in [5, 5.41) is 8.35. The molecule has 2 saturated carbocycles. The molecule has 0 unspecified atom stereocenters. The maximum atomic E-state index is 12.7. The monoisotopic (exact) mass is 359 g/mol. The number of hydrogen-bond donors (Lipinski definition) is 0. The van der Waals surface area contributed by atoms with Crippen molar-refractivity contribution in [1.29, 1.82) is 5.26 Å². The highest BCUT2D eigenvalue weighted by Gasteiger charge is 2.24. The van der Waals surface area contributed by atoms with Crippen LogP contribution in [0.3, 0.4) is 0 Å². The van der Waals surface area contributed by atoms with Gasteiger partial charge in [0.05, 0.1) is 0 Å². The van der Waals surface area contributed by atoms with Crippen molar-refractivity contribution in [2.24, 2.45) is 23.7 Å². The molecule has 0 aromatic carbocycles. The minimum Gasteiger partial charge on any atom is -0.195 e. The second kappa shape index (κ2) is 12.3. The van der Waals surface area contributed by atoms with Crippen molar-refractivity contribution in [3.05, 3.63) is 24.1 Å². The van der Waals surface area contributed by atoms with E-state index in [1.54, 1.807) is 6.08 Å². The molecule has 0 spiro atoms. The Balaban J connectivity index is 1.53. The van der Waals surface area contributed by atoms with Gasteiger partial charge >= 0.3 is 0 Å². The molecule has 2 fully saturated rings. The fraction of sp³-hybridized carbons (Fsp3) is 0.792. The maximum absolute atomic E-state index is 12.7. The van der Waals surface area contributed by atoms with Gasteiger partial charge in [-0.2, -0.15) is 9.65 Å². The summed E-state index contributed by atoms with van der Waals surface area (Å²) in [5.74, 6) is 3.18. The quantitative estimate of drug-likeness (QED) is 0.303. The molecule has 0 aromatic rings. The largest absolute Gasteiger partial charge is 0.199 e. The van der Waals surface area contributed by atoms with Crippen molar-refractivity contribution in [2.75, 3.05) is 0 Å². The van der Waals surface area contributed by atoms with Crippen LogP contribution in [-0.4, -0.2) is 0 Å². The summed E-state index contributed by atoms with van der Waals surface area (Å²) < 4.78 is 12.7. The van der Waals surface area contributed by atoms with E-state index in [-0.39, 0.29) is 0 Å². The van der Waals surface area contributed by atoms with E-state index in [1.165, 1.54) is 95.6 Å². The van der Waals surface area contributed by atoms with Crippen LogP contribution in [0.5, 0.6) is 0 Å². The summed E-state index contributed by atoms with van der Waals surface area (Å²) in [6.45, 7) is 2.32. The van der Waals surface area contributed by atoms with E-state index in [4.69, 9.17) is 5.26 Å². The van der Waals surface area contributed by atoms with E-state index >= 15 is 0 Å². The second-order valence-corrected chi connectivity index (χ2v) is 8.77. The lowest BCUT2D eigenvalue weighted by Crippen LogP contribution is -2.18. The van der Waals surface area contributed by atoms with Crippen molar-refractivity contribution in [3.63, 3.8) is 0 Å². The van der Waals surface area contributed by atoms with Crippen molar-refractivity contribution in [3.8, 4) is 6.07 Å². The summed E-state index contributed by atoms with van der Waals surface area (Å²) in [7, 11) is 0. The van der Waals surface area contributed by atoms with Gasteiger partial charge in [0.25, 0.3) is 0 Å². The van der Waals surface area contributed by atoms with E-state index in [2.05, 4.69) is 6.92 Å². The lowest BCUT2D eigenvalue weighted by molar-refractivity contribution is 0.210. The van der Waals surface area contributed by atoms with E-state index in [0.29, 0.717) is 0 Å². The Kier molecular flexibility index (Phi) is 10.0. The summed E-state index contributed by atoms with van der Waals surface area (Å²) >= 11 is 0. The molecule has 146 valence electrons. The van der Waals surface area contributed by atoms with E-state index in [9.17, 15) is 4.39 Å². The van der Waals surface area contributed by atoms with Gasteiger partial charge in [-0.15, -0.1) is 0 Å². The first-order chi connectivity index (χ1) is 12.7. The Morgan fingerprint density at radius 2 is 1.31 bits per heavy atom. The minimum atomic E-state index is -0.708. The van der Waals surface area contributed by atoms with E-state index in [1.807, 2.05) is 6.08 Å². The zero-order valence-corrected chi connectivity index (χ0v) is 16.8. The van der Waals surface area contributed by atoms with Gasteiger partial charge < -0.3 is 0 Å². The maximum Gasteiger partial charge on any atom is 0.199 e. The predicted molar refractivity (Wildman–Crippen MR) is 108 cm³/mol. The molecule has 26 heavy (non-hydrogen) atoms. The normalized spacial score (nSPS) is 30.4. The molecule has 0 bridgehead atoms. The van der Waals surface area contributed by atoms with Gasteiger partial charge in [-0.05, 0) is 42.6 Å². The highest BCUT2D eigenvalue weighted by molar-refractivity contribution is 5.18. The molecule has 0 heterocycles. The topological polar surface area (TPSA) is 23.8 Å². The van der Waals surface area contributed by atoms with E-state index < -0.39 is 5.83 Å². The van der Waals surface area contributed by atoms with Crippen LogP contribution in [0, 0.1) is 35.0 Å². The van der Waals surface area contributed by atoms with Gasteiger partial charge in [0.1, 0.15) is 6.07 Å². The molecule has 0 amide bonds. The van der Waals surface area contributed by atoms with Gasteiger partial charge in [0.15, 0.2) is 5.83 Å². The van der Waals surface area contributed by atoms with Crippen LogP contribution < -0.4 is 0 Å². The fourth-order valence-corrected chi connectivity index (χ4v) is 5.12. The zero-order valence-electron chi connectivity index (χ0n) is 16.8.